The second-order valence-corrected chi connectivity index (χ2v) is 5.03. The van der Waals surface area contributed by atoms with Crippen molar-refractivity contribution in [1.29, 1.82) is 0 Å². The van der Waals surface area contributed by atoms with Crippen molar-refractivity contribution in [1.82, 2.24) is 10.1 Å². The number of benzene rings is 2. The minimum Gasteiger partial charge on any atom is -0.493 e. The van der Waals surface area contributed by atoms with Crippen molar-refractivity contribution in [2.75, 3.05) is 6.61 Å². The second kappa shape index (κ2) is 7.57. The molecular formula is C18H15FN2O4. The fourth-order valence-electron chi connectivity index (χ4n) is 2.18. The molecule has 0 aliphatic heterocycles. The highest BCUT2D eigenvalue weighted by Gasteiger charge is 2.15. The lowest BCUT2D eigenvalue weighted by molar-refractivity contribution is 0.0429. The monoisotopic (exact) mass is 342 g/mol. The fraction of sp³-hybridized carbons (Fsp3) is 0.167. The Labute approximate surface area is 143 Å². The van der Waals surface area contributed by atoms with Gasteiger partial charge in [-0.25, -0.2) is 9.18 Å². The molecule has 0 spiro atoms. The molecule has 0 aliphatic carbocycles. The Balaban J connectivity index is 1.69. The van der Waals surface area contributed by atoms with Crippen LogP contribution in [0.25, 0.3) is 11.4 Å². The number of carbonyl (C=O) groups is 1. The number of halogens is 1. The molecular weight excluding hydrogens is 327 g/mol. The van der Waals surface area contributed by atoms with Crippen molar-refractivity contribution in [3.05, 3.63) is 65.8 Å². The van der Waals surface area contributed by atoms with Crippen LogP contribution in [0.15, 0.2) is 53.1 Å². The topological polar surface area (TPSA) is 74.5 Å². The van der Waals surface area contributed by atoms with Crippen LogP contribution in [0.2, 0.25) is 0 Å². The third kappa shape index (κ3) is 4.00. The van der Waals surface area contributed by atoms with Gasteiger partial charge >= 0.3 is 5.97 Å². The van der Waals surface area contributed by atoms with E-state index >= 15 is 0 Å². The molecule has 0 atom stereocenters. The van der Waals surface area contributed by atoms with Crippen LogP contribution in [-0.4, -0.2) is 22.7 Å². The molecule has 3 aromatic rings. The van der Waals surface area contributed by atoms with Gasteiger partial charge in [-0.15, -0.1) is 0 Å². The maximum absolute atomic E-state index is 13.1. The van der Waals surface area contributed by atoms with Crippen LogP contribution in [0, 0.1) is 5.82 Å². The maximum atomic E-state index is 13.1. The summed E-state index contributed by atoms with van der Waals surface area (Å²) in [6.07, 6.45) is 0. The van der Waals surface area contributed by atoms with Crippen LogP contribution < -0.4 is 4.74 Å². The number of hydrogen-bond acceptors (Lipinski definition) is 6. The molecule has 1 aromatic heterocycles. The lowest BCUT2D eigenvalue weighted by atomic mass is 10.2. The van der Waals surface area contributed by atoms with Crippen LogP contribution in [0.1, 0.15) is 23.2 Å². The second-order valence-electron chi connectivity index (χ2n) is 5.03. The Morgan fingerprint density at radius 2 is 2.04 bits per heavy atom. The summed E-state index contributed by atoms with van der Waals surface area (Å²) in [5.74, 6) is -0.0861. The van der Waals surface area contributed by atoms with Gasteiger partial charge in [0, 0.05) is 0 Å². The van der Waals surface area contributed by atoms with Gasteiger partial charge in [-0.2, -0.15) is 4.98 Å². The van der Waals surface area contributed by atoms with Crippen LogP contribution in [0.5, 0.6) is 5.75 Å². The molecule has 1 heterocycles. The summed E-state index contributed by atoms with van der Waals surface area (Å²) in [6, 6.07) is 12.5. The molecule has 0 aliphatic rings. The third-order valence-electron chi connectivity index (χ3n) is 3.28. The Morgan fingerprint density at radius 3 is 2.84 bits per heavy atom. The quantitative estimate of drug-likeness (QED) is 0.637. The Kier molecular flexibility index (Phi) is 5.03. The van der Waals surface area contributed by atoms with E-state index in [1.165, 1.54) is 18.2 Å². The van der Waals surface area contributed by atoms with E-state index in [1.807, 2.05) is 19.1 Å². The summed E-state index contributed by atoms with van der Waals surface area (Å²) in [6.45, 7) is 2.18. The van der Waals surface area contributed by atoms with Crippen molar-refractivity contribution >= 4 is 5.97 Å². The summed E-state index contributed by atoms with van der Waals surface area (Å²) in [4.78, 5) is 16.1. The predicted molar refractivity (Wildman–Crippen MR) is 86.4 cm³/mol. The molecule has 0 saturated heterocycles. The lowest BCUT2D eigenvalue weighted by Gasteiger charge is -2.06. The van der Waals surface area contributed by atoms with Crippen molar-refractivity contribution in [3.8, 4) is 17.1 Å². The summed E-state index contributed by atoms with van der Waals surface area (Å²) >= 11 is 0. The van der Waals surface area contributed by atoms with E-state index in [4.69, 9.17) is 14.0 Å². The molecule has 0 fully saturated rings. The highest BCUT2D eigenvalue weighted by molar-refractivity contribution is 5.89. The smallest absolute Gasteiger partial charge is 0.338 e. The molecule has 0 saturated carbocycles. The Hall–Kier alpha value is -3.22. The first-order valence-corrected chi connectivity index (χ1v) is 7.65. The van der Waals surface area contributed by atoms with Gasteiger partial charge < -0.3 is 14.0 Å². The molecule has 128 valence electrons. The summed E-state index contributed by atoms with van der Waals surface area (Å²) in [5.41, 5.74) is 0.789. The Morgan fingerprint density at radius 1 is 1.20 bits per heavy atom. The number of ether oxygens (including phenoxy) is 2. The average Bonchev–Trinajstić information content (AvgIpc) is 3.09. The summed E-state index contributed by atoms with van der Waals surface area (Å²) in [7, 11) is 0. The molecule has 0 N–H and O–H groups in total. The first kappa shape index (κ1) is 16.6. The van der Waals surface area contributed by atoms with Gasteiger partial charge in [-0.3, -0.25) is 0 Å². The summed E-state index contributed by atoms with van der Waals surface area (Å²) < 4.78 is 28.8. The van der Waals surface area contributed by atoms with Crippen molar-refractivity contribution < 1.29 is 23.2 Å². The molecule has 2 aromatic carbocycles. The highest BCUT2D eigenvalue weighted by atomic mass is 19.1. The van der Waals surface area contributed by atoms with Crippen LogP contribution >= 0.6 is 0 Å². The van der Waals surface area contributed by atoms with E-state index in [-0.39, 0.29) is 18.1 Å². The van der Waals surface area contributed by atoms with Gasteiger partial charge in [0.25, 0.3) is 5.89 Å². The minimum absolute atomic E-state index is 0.112. The molecule has 0 bridgehead atoms. The van der Waals surface area contributed by atoms with Crippen molar-refractivity contribution in [2.24, 2.45) is 0 Å². The van der Waals surface area contributed by atoms with Gasteiger partial charge in [-0.05, 0) is 37.3 Å². The largest absolute Gasteiger partial charge is 0.493 e. The van der Waals surface area contributed by atoms with Crippen LogP contribution in [-0.2, 0) is 11.3 Å². The molecule has 0 amide bonds. The van der Waals surface area contributed by atoms with E-state index in [1.54, 1.807) is 12.1 Å². The highest BCUT2D eigenvalue weighted by Crippen LogP contribution is 2.27. The molecule has 0 radical (unpaired) electrons. The van der Waals surface area contributed by atoms with E-state index in [0.717, 1.165) is 6.07 Å². The van der Waals surface area contributed by atoms with E-state index in [0.29, 0.717) is 23.7 Å². The van der Waals surface area contributed by atoms with E-state index in [9.17, 15) is 9.18 Å². The maximum Gasteiger partial charge on any atom is 0.338 e. The predicted octanol–water partition coefficient (Wildman–Crippen LogP) is 3.63. The van der Waals surface area contributed by atoms with Crippen molar-refractivity contribution in [3.63, 3.8) is 0 Å². The number of para-hydroxylation sites is 1. The van der Waals surface area contributed by atoms with Crippen LogP contribution in [0.4, 0.5) is 4.39 Å². The molecule has 6 nitrogen and oxygen atoms in total. The Bertz CT molecular complexity index is 879. The van der Waals surface area contributed by atoms with Gasteiger partial charge in [-0.1, -0.05) is 23.4 Å². The van der Waals surface area contributed by atoms with Crippen molar-refractivity contribution in [2.45, 2.75) is 13.5 Å². The zero-order valence-electron chi connectivity index (χ0n) is 13.4. The van der Waals surface area contributed by atoms with E-state index < -0.39 is 11.8 Å². The molecule has 3 rings (SSSR count). The minimum atomic E-state index is -0.672. The number of carbonyl (C=O) groups excluding carboxylic acids is 1. The van der Waals surface area contributed by atoms with Gasteiger partial charge in [0.2, 0.25) is 5.82 Å². The SMILES string of the molecule is CCOc1ccccc1-c1noc(COC(=O)c2cccc(F)c2)n1. The van der Waals surface area contributed by atoms with E-state index in [2.05, 4.69) is 10.1 Å². The van der Waals surface area contributed by atoms with Gasteiger partial charge in [0.05, 0.1) is 17.7 Å². The number of hydrogen-bond donors (Lipinski definition) is 0. The lowest BCUT2D eigenvalue weighted by Crippen LogP contribution is -2.05. The first-order valence-electron chi connectivity index (χ1n) is 7.65. The van der Waals surface area contributed by atoms with Crippen LogP contribution in [0.3, 0.4) is 0 Å². The molecule has 7 heteroatoms. The average molecular weight is 342 g/mol. The summed E-state index contributed by atoms with van der Waals surface area (Å²) in [5, 5.41) is 3.88. The number of aromatic nitrogens is 2. The zero-order chi connectivity index (χ0) is 17.6. The molecule has 25 heavy (non-hydrogen) atoms. The van der Waals surface area contributed by atoms with Gasteiger partial charge in [0.1, 0.15) is 11.6 Å². The normalized spacial score (nSPS) is 10.5. The third-order valence-corrected chi connectivity index (χ3v) is 3.28. The standard InChI is InChI=1S/C18H15FN2O4/c1-2-23-15-9-4-3-8-14(15)17-20-16(25-21-17)11-24-18(22)12-6-5-7-13(19)10-12/h3-10H,2,11H2,1H3. The number of rotatable bonds is 6. The number of nitrogens with zero attached hydrogens (tertiary/aromatic N) is 2. The number of esters is 1. The zero-order valence-corrected chi connectivity index (χ0v) is 13.4. The fourth-order valence-corrected chi connectivity index (χ4v) is 2.18. The molecule has 0 unspecified atom stereocenters. The van der Waals surface area contributed by atoms with Gasteiger partial charge in [0.15, 0.2) is 6.61 Å². The first-order chi connectivity index (χ1) is 12.2.